The van der Waals surface area contributed by atoms with Gasteiger partial charge in [-0.2, -0.15) is 0 Å². The number of hydrogen-bond donors (Lipinski definition) is 2. The summed E-state index contributed by atoms with van der Waals surface area (Å²) in [5, 5.41) is 9.47. The highest BCUT2D eigenvalue weighted by Crippen LogP contribution is 2.20. The number of nitrogens with zero attached hydrogens (tertiary/aromatic N) is 3. The number of H-pyrrole nitrogens is 1. The van der Waals surface area contributed by atoms with Gasteiger partial charge in [-0.05, 0) is 31.7 Å². The van der Waals surface area contributed by atoms with E-state index in [1.165, 1.54) is 12.1 Å². The second-order valence-corrected chi connectivity index (χ2v) is 4.73. The van der Waals surface area contributed by atoms with E-state index in [-0.39, 0.29) is 16.4 Å². The molecule has 2 rings (SSSR count). The van der Waals surface area contributed by atoms with Crippen molar-refractivity contribution in [3.63, 3.8) is 0 Å². The maximum atomic E-state index is 11.3. The lowest BCUT2D eigenvalue weighted by atomic mass is 10.3. The van der Waals surface area contributed by atoms with E-state index in [1.807, 2.05) is 0 Å². The molecule has 8 heteroatoms. The van der Waals surface area contributed by atoms with Gasteiger partial charge in [-0.1, -0.05) is 0 Å². The molecule has 0 aliphatic heterocycles. The average molecular weight is 278 g/mol. The van der Waals surface area contributed by atoms with Gasteiger partial charge in [0.25, 0.3) is 5.56 Å². The lowest BCUT2D eigenvalue weighted by Crippen LogP contribution is -2.09. The van der Waals surface area contributed by atoms with Gasteiger partial charge in [0.15, 0.2) is 16.0 Å². The summed E-state index contributed by atoms with van der Waals surface area (Å²) >= 11 is 1.01. The molecule has 0 amide bonds. The van der Waals surface area contributed by atoms with Crippen LogP contribution in [0.2, 0.25) is 0 Å². The summed E-state index contributed by atoms with van der Waals surface area (Å²) < 4.78 is 0. The lowest BCUT2D eigenvalue weighted by molar-refractivity contribution is 0.0689. The largest absolute Gasteiger partial charge is 0.477 e. The monoisotopic (exact) mass is 278 g/mol. The Kier molecular flexibility index (Phi) is 3.61. The van der Waals surface area contributed by atoms with E-state index in [0.717, 1.165) is 11.8 Å². The quantitative estimate of drug-likeness (QED) is 0.807. The molecular weight excluding hydrogens is 268 g/mol. The number of rotatable bonds is 3. The second-order valence-electron chi connectivity index (χ2n) is 3.78. The second kappa shape index (κ2) is 5.19. The first-order chi connectivity index (χ1) is 8.94. The molecule has 2 aromatic rings. The zero-order valence-electron chi connectivity index (χ0n) is 10.2. The van der Waals surface area contributed by atoms with Crippen molar-refractivity contribution in [1.29, 1.82) is 0 Å². The average Bonchev–Trinajstić information content (AvgIpc) is 2.26. The van der Waals surface area contributed by atoms with Gasteiger partial charge >= 0.3 is 5.97 Å². The van der Waals surface area contributed by atoms with Crippen molar-refractivity contribution < 1.29 is 9.90 Å². The molecule has 2 heterocycles. The van der Waals surface area contributed by atoms with Crippen LogP contribution < -0.4 is 5.56 Å². The van der Waals surface area contributed by atoms with E-state index in [9.17, 15) is 9.59 Å². The third-order valence-corrected chi connectivity index (χ3v) is 2.84. The van der Waals surface area contributed by atoms with E-state index >= 15 is 0 Å². The zero-order chi connectivity index (χ0) is 14.0. The number of aromatic amines is 1. The Bertz CT molecular complexity index is 699. The maximum absolute atomic E-state index is 11.3. The van der Waals surface area contributed by atoms with Crippen molar-refractivity contribution >= 4 is 17.7 Å². The van der Waals surface area contributed by atoms with Crippen LogP contribution in [0.3, 0.4) is 0 Å². The van der Waals surface area contributed by atoms with Crippen LogP contribution in [0.15, 0.2) is 27.2 Å². The van der Waals surface area contributed by atoms with Crippen LogP contribution in [0, 0.1) is 13.8 Å². The van der Waals surface area contributed by atoms with Crippen LogP contribution in [0.4, 0.5) is 0 Å². The lowest BCUT2D eigenvalue weighted by Gasteiger charge is -2.03. The molecule has 0 spiro atoms. The zero-order valence-corrected chi connectivity index (χ0v) is 11.0. The van der Waals surface area contributed by atoms with Crippen molar-refractivity contribution in [2.24, 2.45) is 0 Å². The van der Waals surface area contributed by atoms with Gasteiger partial charge in [-0.15, -0.1) is 0 Å². The van der Waals surface area contributed by atoms with Gasteiger partial charge < -0.3 is 10.1 Å². The molecule has 7 nitrogen and oxygen atoms in total. The fourth-order valence-electron chi connectivity index (χ4n) is 1.38. The summed E-state index contributed by atoms with van der Waals surface area (Å²) in [5.41, 5.74) is 0.730. The Labute approximate surface area is 112 Å². The number of nitrogens with one attached hydrogen (secondary N) is 1. The van der Waals surface area contributed by atoms with Crippen LogP contribution in [-0.2, 0) is 0 Å². The molecule has 0 bridgehead atoms. The van der Waals surface area contributed by atoms with Gasteiger partial charge in [0.2, 0.25) is 0 Å². The molecule has 0 saturated heterocycles. The number of aromatic nitrogens is 4. The minimum Gasteiger partial charge on any atom is -0.477 e. The number of carbonyl (C=O) groups is 1. The van der Waals surface area contributed by atoms with Crippen LogP contribution in [0.1, 0.15) is 21.9 Å². The van der Waals surface area contributed by atoms with Crippen LogP contribution in [0.5, 0.6) is 0 Å². The number of aryl methyl sites for hydroxylation is 2. The Morgan fingerprint density at radius 1 is 1.21 bits per heavy atom. The normalized spacial score (nSPS) is 10.4. The third kappa shape index (κ3) is 3.38. The van der Waals surface area contributed by atoms with Gasteiger partial charge in [-0.3, -0.25) is 4.79 Å². The van der Waals surface area contributed by atoms with E-state index in [0.29, 0.717) is 16.5 Å². The summed E-state index contributed by atoms with van der Waals surface area (Å²) in [6.07, 6.45) is 0. The van der Waals surface area contributed by atoms with Crippen LogP contribution >= 0.6 is 11.8 Å². The fraction of sp³-hybridized carbons (Fsp3) is 0.182. The minimum absolute atomic E-state index is 0.0926. The molecule has 0 atom stereocenters. The smallest absolute Gasteiger partial charge is 0.354 e. The summed E-state index contributed by atoms with van der Waals surface area (Å²) in [6.45, 7) is 3.36. The minimum atomic E-state index is -1.13. The van der Waals surface area contributed by atoms with E-state index in [4.69, 9.17) is 5.11 Å². The summed E-state index contributed by atoms with van der Waals surface area (Å²) in [4.78, 5) is 36.8. The highest BCUT2D eigenvalue weighted by Gasteiger charge is 2.11. The van der Waals surface area contributed by atoms with Gasteiger partial charge in [-0.25, -0.2) is 19.7 Å². The van der Waals surface area contributed by atoms with Gasteiger partial charge in [0.05, 0.1) is 0 Å². The van der Waals surface area contributed by atoms with Crippen LogP contribution in [-0.4, -0.2) is 31.0 Å². The molecule has 0 aliphatic carbocycles. The molecule has 2 N–H and O–H groups in total. The fourth-order valence-corrected chi connectivity index (χ4v) is 2.23. The first-order valence-corrected chi connectivity index (χ1v) is 6.10. The number of carboxylic acid groups (broad SMARTS) is 1. The highest BCUT2D eigenvalue weighted by molar-refractivity contribution is 7.99. The van der Waals surface area contributed by atoms with Crippen molar-refractivity contribution in [3.8, 4) is 0 Å². The van der Waals surface area contributed by atoms with Crippen molar-refractivity contribution in [3.05, 3.63) is 39.6 Å². The predicted molar refractivity (Wildman–Crippen MR) is 67.4 cm³/mol. The Balaban J connectivity index is 2.37. The first-order valence-electron chi connectivity index (χ1n) is 5.29. The highest BCUT2D eigenvalue weighted by atomic mass is 32.2. The summed E-state index contributed by atoms with van der Waals surface area (Å²) in [7, 11) is 0. The summed E-state index contributed by atoms with van der Waals surface area (Å²) in [5.74, 6) is -1.13. The Morgan fingerprint density at radius 3 is 2.53 bits per heavy atom. The molecule has 0 radical (unpaired) electrons. The molecule has 0 saturated carbocycles. The number of aromatic carboxylic acids is 1. The van der Waals surface area contributed by atoms with E-state index < -0.39 is 5.97 Å². The Hall–Kier alpha value is -2.22. The SMILES string of the molecule is Cc1cc(C(=O)O)nc(Sc2nc(C)cc(=O)[nH]2)n1. The van der Waals surface area contributed by atoms with Crippen molar-refractivity contribution in [2.75, 3.05) is 0 Å². The molecule has 0 aromatic carbocycles. The maximum Gasteiger partial charge on any atom is 0.354 e. The Morgan fingerprint density at radius 2 is 1.89 bits per heavy atom. The number of carboxylic acids is 1. The van der Waals surface area contributed by atoms with E-state index in [2.05, 4.69) is 19.9 Å². The van der Waals surface area contributed by atoms with Crippen molar-refractivity contribution in [2.45, 2.75) is 24.2 Å². The third-order valence-electron chi connectivity index (χ3n) is 2.09. The molecule has 98 valence electrons. The molecule has 19 heavy (non-hydrogen) atoms. The number of hydrogen-bond acceptors (Lipinski definition) is 6. The standard InChI is InChI=1S/C11H10N4O3S/c1-5-3-7(9(17)18)14-10(12-5)19-11-13-6(2)4-8(16)15-11/h3-4H,1-2H3,(H,17,18)(H,13,15,16). The molecule has 0 aliphatic rings. The summed E-state index contributed by atoms with van der Waals surface area (Å²) in [6, 6.07) is 2.74. The molecular formula is C11H10N4O3S. The predicted octanol–water partition coefficient (Wildman–Crippen LogP) is 1.03. The molecule has 2 aromatic heterocycles. The van der Waals surface area contributed by atoms with Crippen molar-refractivity contribution in [1.82, 2.24) is 19.9 Å². The molecule has 0 unspecified atom stereocenters. The van der Waals surface area contributed by atoms with E-state index in [1.54, 1.807) is 13.8 Å². The van der Waals surface area contributed by atoms with Crippen LogP contribution in [0.25, 0.3) is 0 Å². The molecule has 0 fully saturated rings. The van der Waals surface area contributed by atoms with Gasteiger partial charge in [0, 0.05) is 17.5 Å². The van der Waals surface area contributed by atoms with Gasteiger partial charge in [0.1, 0.15) is 0 Å². The first kappa shape index (κ1) is 13.2. The topological polar surface area (TPSA) is 109 Å².